The van der Waals surface area contributed by atoms with Crippen molar-refractivity contribution in [1.29, 1.82) is 0 Å². The zero-order valence-electron chi connectivity index (χ0n) is 9.39. The molecule has 1 amide bonds. The van der Waals surface area contributed by atoms with Gasteiger partial charge in [0.05, 0.1) is 13.2 Å². The number of morpholine rings is 1. The number of nitrogens with one attached hydrogen (secondary N) is 1. The number of amides is 1. The fraction of sp³-hybridized carbons (Fsp3) is 0.667. The van der Waals surface area contributed by atoms with E-state index in [4.69, 9.17) is 22.7 Å². The summed E-state index contributed by atoms with van der Waals surface area (Å²) in [5, 5.41) is 6.37. The van der Waals surface area contributed by atoms with Crippen molar-refractivity contribution in [1.82, 2.24) is 19.7 Å². The van der Waals surface area contributed by atoms with Crippen LogP contribution in [0.25, 0.3) is 0 Å². The first kappa shape index (κ1) is 12.1. The number of H-pyrrole nitrogens is 1. The Labute approximate surface area is 104 Å². The van der Waals surface area contributed by atoms with E-state index in [2.05, 4.69) is 10.2 Å². The Morgan fingerprint density at radius 2 is 2.24 bits per heavy atom. The topological polar surface area (TPSA) is 89.2 Å². The molecule has 8 heteroatoms. The van der Waals surface area contributed by atoms with Gasteiger partial charge in [-0.05, 0) is 12.2 Å². The highest BCUT2D eigenvalue weighted by Crippen LogP contribution is 2.05. The maximum Gasteiger partial charge on any atom is 0.224 e. The highest BCUT2D eigenvalue weighted by Gasteiger charge is 2.16. The summed E-state index contributed by atoms with van der Waals surface area (Å²) in [5.41, 5.74) is 5.62. The van der Waals surface area contributed by atoms with Gasteiger partial charge in [0, 0.05) is 26.1 Å². The van der Waals surface area contributed by atoms with Crippen LogP contribution in [-0.4, -0.2) is 51.9 Å². The molecule has 7 nitrogen and oxygen atoms in total. The Balaban J connectivity index is 1.89. The summed E-state index contributed by atoms with van der Waals surface area (Å²) in [7, 11) is 0. The van der Waals surface area contributed by atoms with Crippen LogP contribution in [0.15, 0.2) is 0 Å². The number of ether oxygens (including phenoxy) is 1. The summed E-state index contributed by atoms with van der Waals surface area (Å²) in [6.45, 7) is 2.99. The molecule has 1 fully saturated rings. The molecule has 1 aliphatic rings. The van der Waals surface area contributed by atoms with Gasteiger partial charge in [0.2, 0.25) is 11.9 Å². The molecule has 3 N–H and O–H groups in total. The standard InChI is InChI=1S/C9H15N5O2S/c10-8-11-12-9(17)14(8)2-1-7(15)13-3-5-16-6-4-13/h1-6H2,(H2,10,11)(H,12,17). The molecule has 0 bridgehead atoms. The molecule has 0 aromatic carbocycles. The lowest BCUT2D eigenvalue weighted by molar-refractivity contribution is -0.135. The Hall–Kier alpha value is -1.41. The van der Waals surface area contributed by atoms with E-state index in [0.29, 0.717) is 50.0 Å². The zero-order chi connectivity index (χ0) is 12.3. The van der Waals surface area contributed by atoms with E-state index < -0.39 is 0 Å². The lowest BCUT2D eigenvalue weighted by Crippen LogP contribution is -2.41. The molecule has 1 aromatic rings. The largest absolute Gasteiger partial charge is 0.378 e. The van der Waals surface area contributed by atoms with E-state index in [9.17, 15) is 4.79 Å². The number of nitrogen functional groups attached to an aromatic ring is 1. The van der Waals surface area contributed by atoms with Crippen LogP contribution in [0.5, 0.6) is 0 Å². The van der Waals surface area contributed by atoms with Crippen LogP contribution >= 0.6 is 12.2 Å². The summed E-state index contributed by atoms with van der Waals surface area (Å²) in [5.74, 6) is 0.403. The Kier molecular flexibility index (Phi) is 3.75. The van der Waals surface area contributed by atoms with Crippen molar-refractivity contribution in [3.05, 3.63) is 4.77 Å². The van der Waals surface area contributed by atoms with Crippen LogP contribution in [0.4, 0.5) is 5.95 Å². The quantitative estimate of drug-likeness (QED) is 0.730. The van der Waals surface area contributed by atoms with E-state index in [1.165, 1.54) is 0 Å². The van der Waals surface area contributed by atoms with Crippen molar-refractivity contribution < 1.29 is 9.53 Å². The van der Waals surface area contributed by atoms with E-state index >= 15 is 0 Å². The van der Waals surface area contributed by atoms with E-state index in [1.54, 1.807) is 9.47 Å². The summed E-state index contributed by atoms with van der Waals surface area (Å²) in [6.07, 6.45) is 0.373. The highest BCUT2D eigenvalue weighted by molar-refractivity contribution is 7.71. The van der Waals surface area contributed by atoms with E-state index in [-0.39, 0.29) is 5.91 Å². The van der Waals surface area contributed by atoms with Crippen LogP contribution in [0.3, 0.4) is 0 Å². The molecule has 0 atom stereocenters. The third kappa shape index (κ3) is 2.83. The minimum absolute atomic E-state index is 0.0933. The molecule has 0 spiro atoms. The normalized spacial score (nSPS) is 16.1. The molecular formula is C9H15N5O2S. The smallest absolute Gasteiger partial charge is 0.224 e. The molecule has 94 valence electrons. The zero-order valence-corrected chi connectivity index (χ0v) is 10.2. The molecule has 1 aliphatic heterocycles. The molecule has 0 unspecified atom stereocenters. The van der Waals surface area contributed by atoms with Gasteiger partial charge in [-0.3, -0.25) is 9.36 Å². The molecule has 0 aliphatic carbocycles. The highest BCUT2D eigenvalue weighted by atomic mass is 32.1. The lowest BCUT2D eigenvalue weighted by Gasteiger charge is -2.26. The van der Waals surface area contributed by atoms with Gasteiger partial charge >= 0.3 is 0 Å². The monoisotopic (exact) mass is 257 g/mol. The van der Waals surface area contributed by atoms with Crippen molar-refractivity contribution in [2.75, 3.05) is 32.0 Å². The molecule has 0 radical (unpaired) electrons. The number of nitrogens with zero attached hydrogens (tertiary/aromatic N) is 3. The average Bonchev–Trinajstić information content (AvgIpc) is 2.67. The third-order valence-corrected chi connectivity index (χ3v) is 3.01. The number of aromatic nitrogens is 3. The average molecular weight is 257 g/mol. The maximum absolute atomic E-state index is 11.9. The van der Waals surface area contributed by atoms with Gasteiger partial charge in [0.25, 0.3) is 0 Å². The van der Waals surface area contributed by atoms with Crippen molar-refractivity contribution >= 4 is 24.1 Å². The molecule has 2 heterocycles. The van der Waals surface area contributed by atoms with Crippen molar-refractivity contribution in [3.8, 4) is 0 Å². The van der Waals surface area contributed by atoms with E-state index in [0.717, 1.165) is 0 Å². The van der Waals surface area contributed by atoms with Gasteiger partial charge in [-0.15, -0.1) is 5.10 Å². The second kappa shape index (κ2) is 5.28. The van der Waals surface area contributed by atoms with Crippen molar-refractivity contribution in [3.63, 3.8) is 0 Å². The Bertz CT molecular complexity index is 448. The van der Waals surface area contributed by atoms with Gasteiger partial charge in [-0.25, -0.2) is 5.10 Å². The Morgan fingerprint density at radius 3 is 2.82 bits per heavy atom. The molecular weight excluding hydrogens is 242 g/mol. The molecule has 1 aromatic heterocycles. The molecule has 0 saturated carbocycles. The minimum atomic E-state index is 0.0933. The fourth-order valence-corrected chi connectivity index (χ4v) is 1.95. The third-order valence-electron chi connectivity index (χ3n) is 2.70. The van der Waals surface area contributed by atoms with Gasteiger partial charge in [0.15, 0.2) is 4.77 Å². The first-order valence-corrected chi connectivity index (χ1v) is 5.85. The lowest BCUT2D eigenvalue weighted by atomic mass is 10.3. The predicted octanol–water partition coefficient (Wildman–Crippen LogP) is -0.228. The number of carbonyl (C=O) groups is 1. The molecule has 2 rings (SSSR count). The first-order chi connectivity index (χ1) is 8.18. The SMILES string of the molecule is Nc1n[nH]c(=S)n1CCC(=O)N1CCOCC1. The van der Waals surface area contributed by atoms with Crippen LogP contribution in [-0.2, 0) is 16.1 Å². The predicted molar refractivity (Wildman–Crippen MR) is 63.8 cm³/mol. The summed E-state index contributed by atoms with van der Waals surface area (Å²) in [4.78, 5) is 13.7. The van der Waals surface area contributed by atoms with Gasteiger partial charge in [-0.1, -0.05) is 0 Å². The number of aromatic amines is 1. The van der Waals surface area contributed by atoms with Gasteiger partial charge < -0.3 is 15.4 Å². The van der Waals surface area contributed by atoms with Gasteiger partial charge in [0.1, 0.15) is 0 Å². The summed E-state index contributed by atoms with van der Waals surface area (Å²) in [6, 6.07) is 0. The summed E-state index contributed by atoms with van der Waals surface area (Å²) < 4.78 is 7.25. The number of anilines is 1. The molecule has 1 saturated heterocycles. The van der Waals surface area contributed by atoms with Crippen LogP contribution in [0.2, 0.25) is 0 Å². The first-order valence-electron chi connectivity index (χ1n) is 5.44. The van der Waals surface area contributed by atoms with Crippen molar-refractivity contribution in [2.45, 2.75) is 13.0 Å². The second-order valence-corrected chi connectivity index (χ2v) is 4.17. The van der Waals surface area contributed by atoms with Crippen LogP contribution in [0.1, 0.15) is 6.42 Å². The fourth-order valence-electron chi connectivity index (χ4n) is 1.72. The number of rotatable bonds is 3. The Morgan fingerprint density at radius 1 is 1.53 bits per heavy atom. The number of carbonyl (C=O) groups excluding carboxylic acids is 1. The summed E-state index contributed by atoms with van der Waals surface area (Å²) >= 11 is 5.00. The van der Waals surface area contributed by atoms with Gasteiger partial charge in [-0.2, -0.15) is 0 Å². The number of hydrogen-bond donors (Lipinski definition) is 2. The minimum Gasteiger partial charge on any atom is -0.378 e. The van der Waals surface area contributed by atoms with Crippen LogP contribution in [0, 0.1) is 4.77 Å². The number of hydrogen-bond acceptors (Lipinski definition) is 5. The number of nitrogens with two attached hydrogens (primary N) is 1. The second-order valence-electron chi connectivity index (χ2n) is 3.78. The molecule has 17 heavy (non-hydrogen) atoms. The maximum atomic E-state index is 11.9. The van der Waals surface area contributed by atoms with Crippen LogP contribution < -0.4 is 5.73 Å². The van der Waals surface area contributed by atoms with E-state index in [1.807, 2.05) is 0 Å². The van der Waals surface area contributed by atoms with Crippen molar-refractivity contribution in [2.24, 2.45) is 0 Å².